The molecule has 7 nitrogen and oxygen atoms in total. The highest BCUT2D eigenvalue weighted by atomic mass is 32.2. The first-order chi connectivity index (χ1) is 7.47. The van der Waals surface area contributed by atoms with Gasteiger partial charge in [-0.3, -0.25) is 14.9 Å². The van der Waals surface area contributed by atoms with Gasteiger partial charge in [0.2, 0.25) is 5.91 Å². The highest BCUT2D eigenvalue weighted by molar-refractivity contribution is 8.00. The van der Waals surface area contributed by atoms with Crippen molar-refractivity contribution in [1.29, 1.82) is 0 Å². The van der Waals surface area contributed by atoms with Gasteiger partial charge in [-0.2, -0.15) is 0 Å². The van der Waals surface area contributed by atoms with E-state index in [2.05, 4.69) is 4.74 Å². The van der Waals surface area contributed by atoms with Gasteiger partial charge in [0, 0.05) is 5.75 Å². The van der Waals surface area contributed by atoms with Crippen LogP contribution in [0.3, 0.4) is 0 Å². The van der Waals surface area contributed by atoms with Crippen LogP contribution >= 0.6 is 11.8 Å². The van der Waals surface area contributed by atoms with Gasteiger partial charge in [0.15, 0.2) is 0 Å². The van der Waals surface area contributed by atoms with Gasteiger partial charge in [-0.1, -0.05) is 0 Å². The Bertz CT molecular complexity index is 271. The molecular weight excluding hydrogens is 236 g/mol. The molecule has 0 aliphatic carbocycles. The molecule has 0 saturated carbocycles. The monoisotopic (exact) mass is 250 g/mol. The number of nitrogens with two attached hydrogens (primary N) is 1. The first-order valence-electron chi connectivity index (χ1n) is 4.50. The van der Waals surface area contributed by atoms with E-state index in [-0.39, 0.29) is 18.1 Å². The molecule has 8 heteroatoms. The Morgan fingerprint density at radius 1 is 1.50 bits per heavy atom. The Kier molecular flexibility index (Phi) is 7.31. The molecule has 0 bridgehead atoms. The number of imide groups is 1. The van der Waals surface area contributed by atoms with Gasteiger partial charge >= 0.3 is 12.1 Å². The molecule has 0 fully saturated rings. The van der Waals surface area contributed by atoms with Crippen LogP contribution in [0.1, 0.15) is 6.92 Å². The number of hydrogen-bond acceptors (Lipinski definition) is 6. The van der Waals surface area contributed by atoms with E-state index >= 15 is 0 Å². The molecule has 4 N–H and O–H groups in total. The number of carbonyl (C=O) groups excluding carboxylic acids is 2. The molecule has 0 saturated heterocycles. The number of hydrogen-bond donors (Lipinski definition) is 3. The number of nitrogens with one attached hydrogen (secondary N) is 1. The number of alkyl carbamates (subject to hydrolysis) is 1. The molecular formula is C8H14N2O5S. The summed E-state index contributed by atoms with van der Waals surface area (Å²) in [5.74, 6) is -1.61. The Morgan fingerprint density at radius 3 is 2.62 bits per heavy atom. The summed E-state index contributed by atoms with van der Waals surface area (Å²) in [7, 11) is 0. The van der Waals surface area contributed by atoms with E-state index in [0.29, 0.717) is 0 Å². The minimum atomic E-state index is -1.13. The molecule has 0 aromatic carbocycles. The zero-order chi connectivity index (χ0) is 12.6. The Labute approximate surface area is 96.7 Å². The topological polar surface area (TPSA) is 119 Å². The lowest BCUT2D eigenvalue weighted by Gasteiger charge is -2.06. The summed E-state index contributed by atoms with van der Waals surface area (Å²) in [6.07, 6.45) is -0.810. The molecule has 0 aliphatic heterocycles. The highest BCUT2D eigenvalue weighted by Gasteiger charge is 2.13. The number of carbonyl (C=O) groups is 3. The number of amides is 2. The minimum Gasteiger partial charge on any atom is -0.480 e. The maximum atomic E-state index is 11.1. The first kappa shape index (κ1) is 14.7. The van der Waals surface area contributed by atoms with Crippen molar-refractivity contribution in [2.75, 3.05) is 18.1 Å². The van der Waals surface area contributed by atoms with Gasteiger partial charge in [-0.25, -0.2) is 4.79 Å². The largest absolute Gasteiger partial charge is 0.480 e. The van der Waals surface area contributed by atoms with Crippen molar-refractivity contribution in [2.24, 2.45) is 5.73 Å². The second-order valence-electron chi connectivity index (χ2n) is 2.73. The van der Waals surface area contributed by atoms with Gasteiger partial charge < -0.3 is 15.6 Å². The number of ether oxygens (including phenoxy) is 1. The molecule has 0 aromatic rings. The van der Waals surface area contributed by atoms with Crippen LogP contribution in [0.15, 0.2) is 0 Å². The third-order valence-electron chi connectivity index (χ3n) is 1.36. The maximum Gasteiger partial charge on any atom is 0.413 e. The molecule has 0 aliphatic rings. The Balaban J connectivity index is 3.66. The van der Waals surface area contributed by atoms with Crippen molar-refractivity contribution in [3.8, 4) is 0 Å². The smallest absolute Gasteiger partial charge is 0.413 e. The number of carboxylic acid groups (broad SMARTS) is 1. The predicted molar refractivity (Wildman–Crippen MR) is 58.1 cm³/mol. The SMILES string of the molecule is CCOC(=O)NC(=O)CSCC(N)C(=O)O. The number of aliphatic carboxylic acids is 1. The van der Waals surface area contributed by atoms with E-state index in [1.165, 1.54) is 0 Å². The molecule has 16 heavy (non-hydrogen) atoms. The lowest BCUT2D eigenvalue weighted by Crippen LogP contribution is -2.35. The molecule has 1 unspecified atom stereocenters. The number of thioether (sulfide) groups is 1. The Morgan fingerprint density at radius 2 is 2.12 bits per heavy atom. The summed E-state index contributed by atoms with van der Waals surface area (Å²) < 4.78 is 4.48. The summed E-state index contributed by atoms with van der Waals surface area (Å²) in [6, 6.07) is -1.01. The maximum absolute atomic E-state index is 11.1. The fourth-order valence-electron chi connectivity index (χ4n) is 0.667. The fourth-order valence-corrected chi connectivity index (χ4v) is 1.44. The molecule has 1 atom stereocenters. The molecule has 0 rings (SSSR count). The predicted octanol–water partition coefficient (Wildman–Crippen LogP) is -0.596. The van der Waals surface area contributed by atoms with Gasteiger partial charge in [0.05, 0.1) is 12.4 Å². The summed E-state index contributed by atoms with van der Waals surface area (Å²) in [6.45, 7) is 1.79. The number of carboxylic acids is 1. The highest BCUT2D eigenvalue weighted by Crippen LogP contribution is 2.01. The lowest BCUT2D eigenvalue weighted by atomic mass is 10.4. The van der Waals surface area contributed by atoms with Crippen LogP contribution in [0.4, 0.5) is 4.79 Å². The second-order valence-corrected chi connectivity index (χ2v) is 3.76. The van der Waals surface area contributed by atoms with Crippen molar-refractivity contribution >= 4 is 29.7 Å². The molecule has 0 radical (unpaired) electrons. The molecule has 92 valence electrons. The van der Waals surface area contributed by atoms with Gasteiger partial charge in [0.1, 0.15) is 6.04 Å². The second kappa shape index (κ2) is 7.94. The Hall–Kier alpha value is -1.28. The third kappa shape index (κ3) is 7.07. The fraction of sp³-hybridized carbons (Fsp3) is 0.625. The van der Waals surface area contributed by atoms with Crippen molar-refractivity contribution in [2.45, 2.75) is 13.0 Å². The summed E-state index contributed by atoms with van der Waals surface area (Å²) in [4.78, 5) is 32.2. The number of rotatable bonds is 6. The van der Waals surface area contributed by atoms with Crippen LogP contribution in [-0.4, -0.2) is 47.2 Å². The van der Waals surface area contributed by atoms with Crippen LogP contribution in [0.2, 0.25) is 0 Å². The first-order valence-corrected chi connectivity index (χ1v) is 5.65. The van der Waals surface area contributed by atoms with Crippen LogP contribution in [-0.2, 0) is 14.3 Å². The van der Waals surface area contributed by atoms with E-state index in [1.807, 2.05) is 5.32 Å². The average molecular weight is 250 g/mol. The van der Waals surface area contributed by atoms with E-state index in [0.717, 1.165) is 11.8 Å². The van der Waals surface area contributed by atoms with Gasteiger partial charge in [-0.05, 0) is 6.92 Å². The van der Waals surface area contributed by atoms with Crippen molar-refractivity contribution < 1.29 is 24.2 Å². The van der Waals surface area contributed by atoms with Gasteiger partial charge in [0.25, 0.3) is 0 Å². The molecule has 0 aromatic heterocycles. The summed E-state index contributed by atoms with van der Waals surface area (Å²) in [5, 5.41) is 10.4. The average Bonchev–Trinajstić information content (AvgIpc) is 2.17. The van der Waals surface area contributed by atoms with Crippen molar-refractivity contribution in [3.63, 3.8) is 0 Å². The van der Waals surface area contributed by atoms with E-state index < -0.39 is 24.0 Å². The van der Waals surface area contributed by atoms with Crippen LogP contribution in [0.25, 0.3) is 0 Å². The standard InChI is InChI=1S/C8H14N2O5S/c1-2-15-8(14)10-6(11)4-16-3-5(9)7(12)13/h5H,2-4,9H2,1H3,(H,12,13)(H,10,11,14). The van der Waals surface area contributed by atoms with Crippen LogP contribution in [0.5, 0.6) is 0 Å². The molecule has 2 amide bonds. The van der Waals surface area contributed by atoms with Crippen molar-refractivity contribution in [1.82, 2.24) is 5.32 Å². The quantitative estimate of drug-likeness (QED) is 0.576. The van der Waals surface area contributed by atoms with Gasteiger partial charge in [-0.15, -0.1) is 11.8 Å². The van der Waals surface area contributed by atoms with E-state index in [4.69, 9.17) is 10.8 Å². The zero-order valence-corrected chi connectivity index (χ0v) is 9.58. The lowest BCUT2D eigenvalue weighted by molar-refractivity contribution is -0.138. The van der Waals surface area contributed by atoms with Crippen molar-refractivity contribution in [3.05, 3.63) is 0 Å². The minimum absolute atomic E-state index is 0.0419. The summed E-state index contributed by atoms with van der Waals surface area (Å²) >= 11 is 1.03. The summed E-state index contributed by atoms with van der Waals surface area (Å²) in [5.41, 5.74) is 5.21. The van der Waals surface area contributed by atoms with E-state index in [9.17, 15) is 14.4 Å². The zero-order valence-electron chi connectivity index (χ0n) is 8.76. The molecule has 0 heterocycles. The van der Waals surface area contributed by atoms with Crippen LogP contribution < -0.4 is 11.1 Å². The van der Waals surface area contributed by atoms with E-state index in [1.54, 1.807) is 6.92 Å². The normalized spacial score (nSPS) is 11.6. The molecule has 0 spiro atoms. The van der Waals surface area contributed by atoms with Crippen LogP contribution in [0, 0.1) is 0 Å². The third-order valence-corrected chi connectivity index (χ3v) is 2.43.